The minimum atomic E-state index is 0.552. The lowest BCUT2D eigenvalue weighted by atomic mass is 9.69. The van der Waals surface area contributed by atoms with E-state index in [9.17, 15) is 0 Å². The first-order chi connectivity index (χ1) is 5.52. The Morgan fingerprint density at radius 1 is 1.33 bits per heavy atom. The largest absolute Gasteiger partial charge is 0.153 e. The summed E-state index contributed by atoms with van der Waals surface area (Å²) in [6.07, 6.45) is 5.96. The number of rotatable bonds is 0. The molecule has 1 heteroatoms. The molecule has 1 saturated heterocycles. The summed E-state index contributed by atoms with van der Waals surface area (Å²) < 4.78 is 0.774. The summed E-state index contributed by atoms with van der Waals surface area (Å²) in [6, 6.07) is 0. The molecule has 1 heterocycles. The Kier molecular flexibility index (Phi) is 1.98. The van der Waals surface area contributed by atoms with E-state index in [4.69, 9.17) is 0 Å². The molecule has 1 aliphatic heterocycles. The van der Waals surface area contributed by atoms with Gasteiger partial charge < -0.3 is 0 Å². The van der Waals surface area contributed by atoms with Crippen LogP contribution in [0.5, 0.6) is 0 Å². The zero-order valence-electron chi connectivity index (χ0n) is 8.52. The van der Waals surface area contributed by atoms with Crippen LogP contribution in [0.3, 0.4) is 0 Å². The number of thioether (sulfide) groups is 1. The number of hydrogen-bond acceptors (Lipinski definition) is 1. The van der Waals surface area contributed by atoms with Crippen molar-refractivity contribution in [1.29, 1.82) is 0 Å². The average molecular weight is 184 g/mol. The Morgan fingerprint density at radius 3 is 2.50 bits per heavy atom. The normalized spacial score (nSPS) is 41.8. The molecule has 1 spiro atoms. The maximum atomic E-state index is 2.41. The average Bonchev–Trinajstić information content (AvgIpc) is 2.68. The van der Waals surface area contributed by atoms with Crippen molar-refractivity contribution in [2.75, 3.05) is 5.75 Å². The maximum absolute atomic E-state index is 2.41. The van der Waals surface area contributed by atoms with Crippen molar-refractivity contribution in [3.05, 3.63) is 0 Å². The van der Waals surface area contributed by atoms with E-state index < -0.39 is 0 Å². The van der Waals surface area contributed by atoms with Gasteiger partial charge in [0.2, 0.25) is 0 Å². The minimum absolute atomic E-state index is 0.552. The van der Waals surface area contributed by atoms with Crippen molar-refractivity contribution in [2.45, 2.75) is 51.2 Å². The van der Waals surface area contributed by atoms with Crippen LogP contribution in [0.4, 0.5) is 0 Å². The van der Waals surface area contributed by atoms with Gasteiger partial charge in [0.15, 0.2) is 0 Å². The fourth-order valence-electron chi connectivity index (χ4n) is 2.43. The summed E-state index contributed by atoms with van der Waals surface area (Å²) in [5, 5.41) is 0. The van der Waals surface area contributed by atoms with Crippen LogP contribution < -0.4 is 0 Å². The van der Waals surface area contributed by atoms with Crippen molar-refractivity contribution >= 4 is 11.8 Å². The van der Waals surface area contributed by atoms with E-state index in [1.165, 1.54) is 31.4 Å². The van der Waals surface area contributed by atoms with E-state index in [0.29, 0.717) is 5.41 Å². The van der Waals surface area contributed by atoms with E-state index in [1.807, 2.05) is 0 Å². The lowest BCUT2D eigenvalue weighted by Crippen LogP contribution is -2.30. The van der Waals surface area contributed by atoms with Crippen LogP contribution in [-0.4, -0.2) is 10.5 Å². The van der Waals surface area contributed by atoms with Gasteiger partial charge in [-0.15, -0.1) is 0 Å². The Labute approximate surface area is 80.5 Å². The maximum Gasteiger partial charge on any atom is 0.0254 e. The highest BCUT2D eigenvalue weighted by Gasteiger charge is 2.48. The van der Waals surface area contributed by atoms with E-state index in [0.717, 1.165) is 10.7 Å². The van der Waals surface area contributed by atoms with Crippen molar-refractivity contribution < 1.29 is 0 Å². The highest BCUT2D eigenvalue weighted by atomic mass is 32.2. The first-order valence-electron chi connectivity index (χ1n) is 5.16. The molecular formula is C11H20S. The lowest BCUT2D eigenvalue weighted by molar-refractivity contribution is 0.169. The predicted octanol–water partition coefficient (Wildman–Crippen LogP) is 3.71. The smallest absolute Gasteiger partial charge is 0.0254 e. The summed E-state index contributed by atoms with van der Waals surface area (Å²) in [7, 11) is 0. The highest BCUT2D eigenvalue weighted by Crippen LogP contribution is 2.58. The molecule has 0 N–H and O–H groups in total. The van der Waals surface area contributed by atoms with Gasteiger partial charge in [-0.3, -0.25) is 0 Å². The summed E-state index contributed by atoms with van der Waals surface area (Å²) in [6.45, 7) is 7.22. The second-order valence-corrected chi connectivity index (χ2v) is 7.07. The summed E-state index contributed by atoms with van der Waals surface area (Å²) in [5.74, 6) is 2.45. The minimum Gasteiger partial charge on any atom is -0.153 e. The summed E-state index contributed by atoms with van der Waals surface area (Å²) in [4.78, 5) is 0. The molecule has 2 unspecified atom stereocenters. The molecule has 0 bridgehead atoms. The zero-order chi connectivity index (χ0) is 8.82. The topological polar surface area (TPSA) is 0 Å². The molecule has 2 rings (SSSR count). The highest BCUT2D eigenvalue weighted by molar-refractivity contribution is 8.07. The fourth-order valence-corrected chi connectivity index (χ4v) is 3.50. The van der Waals surface area contributed by atoms with Gasteiger partial charge in [-0.2, -0.15) is 11.8 Å². The van der Waals surface area contributed by atoms with Gasteiger partial charge in [0.1, 0.15) is 0 Å². The van der Waals surface area contributed by atoms with Crippen molar-refractivity contribution in [2.24, 2.45) is 11.3 Å². The quantitative estimate of drug-likeness (QED) is 0.517. The van der Waals surface area contributed by atoms with Gasteiger partial charge in [-0.25, -0.2) is 0 Å². The molecule has 0 aromatic heterocycles. The molecule has 2 aliphatic rings. The fraction of sp³-hybridized carbons (Fsp3) is 1.00. The summed E-state index contributed by atoms with van der Waals surface area (Å²) >= 11 is 2.21. The van der Waals surface area contributed by atoms with Gasteiger partial charge in [0, 0.05) is 10.5 Å². The lowest BCUT2D eigenvalue weighted by Gasteiger charge is -2.37. The monoisotopic (exact) mass is 184 g/mol. The van der Waals surface area contributed by atoms with E-state index in [1.54, 1.807) is 0 Å². The third-order valence-corrected chi connectivity index (χ3v) is 5.06. The van der Waals surface area contributed by atoms with Gasteiger partial charge in [-0.05, 0) is 30.6 Å². The Morgan fingerprint density at radius 2 is 2.00 bits per heavy atom. The van der Waals surface area contributed by atoms with Crippen molar-refractivity contribution in [1.82, 2.24) is 0 Å². The zero-order valence-corrected chi connectivity index (χ0v) is 9.34. The van der Waals surface area contributed by atoms with Crippen molar-refractivity contribution in [3.8, 4) is 0 Å². The Hall–Kier alpha value is 0.350. The van der Waals surface area contributed by atoms with Gasteiger partial charge in [0.05, 0.1) is 0 Å². The van der Waals surface area contributed by atoms with E-state index in [-0.39, 0.29) is 0 Å². The van der Waals surface area contributed by atoms with Crippen LogP contribution in [0.25, 0.3) is 0 Å². The molecule has 0 aromatic rings. The molecule has 1 aliphatic carbocycles. The van der Waals surface area contributed by atoms with Gasteiger partial charge in [-0.1, -0.05) is 27.2 Å². The van der Waals surface area contributed by atoms with Crippen LogP contribution in [0.15, 0.2) is 0 Å². The molecule has 12 heavy (non-hydrogen) atoms. The van der Waals surface area contributed by atoms with Crippen LogP contribution in [0, 0.1) is 11.3 Å². The molecule has 0 amide bonds. The van der Waals surface area contributed by atoms with Gasteiger partial charge in [0.25, 0.3) is 0 Å². The molecule has 1 saturated carbocycles. The molecule has 0 nitrogen and oxygen atoms in total. The van der Waals surface area contributed by atoms with Crippen LogP contribution >= 0.6 is 11.8 Å². The number of hydrogen-bond donors (Lipinski definition) is 0. The first kappa shape index (κ1) is 8.93. The van der Waals surface area contributed by atoms with Crippen LogP contribution in [-0.2, 0) is 0 Å². The van der Waals surface area contributed by atoms with Gasteiger partial charge >= 0.3 is 0 Å². The second-order valence-electron chi connectivity index (χ2n) is 5.63. The standard InChI is InChI=1S/C11H20S/c1-10(2,3)9-5-4-6-11(7-9)8-12-11/h9H,4-8H2,1-3H3. The Balaban J connectivity index is 1.99. The predicted molar refractivity (Wildman–Crippen MR) is 56.6 cm³/mol. The first-order valence-corrected chi connectivity index (χ1v) is 6.14. The third-order valence-electron chi connectivity index (χ3n) is 3.58. The van der Waals surface area contributed by atoms with Crippen molar-refractivity contribution in [3.63, 3.8) is 0 Å². The second kappa shape index (κ2) is 2.67. The molecular weight excluding hydrogens is 164 g/mol. The van der Waals surface area contributed by atoms with E-state index >= 15 is 0 Å². The molecule has 2 atom stereocenters. The Bertz CT molecular complexity index is 174. The SMILES string of the molecule is CC(C)(C)C1CCCC2(CS2)C1. The van der Waals surface area contributed by atoms with E-state index in [2.05, 4.69) is 32.5 Å². The van der Waals surface area contributed by atoms with Crippen LogP contribution in [0.2, 0.25) is 0 Å². The molecule has 2 fully saturated rings. The van der Waals surface area contributed by atoms with Crippen LogP contribution in [0.1, 0.15) is 46.5 Å². The summed E-state index contributed by atoms with van der Waals surface area (Å²) in [5.41, 5.74) is 0.552. The molecule has 0 radical (unpaired) electrons. The molecule has 70 valence electrons. The third kappa shape index (κ3) is 1.66. The molecule has 0 aromatic carbocycles.